The number of phenolic OH excluding ortho intramolecular Hbond substituents is 5. The molecular weight excluding hydrogens is 672 g/mol. The Kier molecular flexibility index (Phi) is 8.61. The van der Waals surface area contributed by atoms with Gasteiger partial charge < -0.3 is 64.9 Å². The van der Waals surface area contributed by atoms with Crippen LogP contribution in [0, 0.1) is 11.8 Å². The van der Waals surface area contributed by atoms with Crippen LogP contribution in [-0.4, -0.2) is 95.2 Å². The van der Waals surface area contributed by atoms with Gasteiger partial charge in [-0.2, -0.15) is 0 Å². The molecule has 0 radical (unpaired) electrons. The van der Waals surface area contributed by atoms with Crippen LogP contribution in [0.5, 0.6) is 46.0 Å². The third kappa shape index (κ3) is 5.90. The van der Waals surface area contributed by atoms with Crippen molar-refractivity contribution in [2.45, 2.75) is 42.5 Å². The first-order valence-corrected chi connectivity index (χ1v) is 15.8. The molecule has 1 fully saturated rings. The smallest absolute Gasteiger partial charge is 0.316 e. The first-order valence-electron chi connectivity index (χ1n) is 15.8. The van der Waals surface area contributed by atoms with Crippen molar-refractivity contribution in [1.82, 2.24) is 0 Å². The Bertz CT molecular complexity index is 1980. The molecule has 9 atom stereocenters. The summed E-state index contributed by atoms with van der Waals surface area (Å²) in [6.07, 6.45) is -8.11. The zero-order valence-electron chi connectivity index (χ0n) is 26.3. The molecule has 3 aliphatic rings. The number of hydrogen-bond donors (Lipinski definition) is 9. The van der Waals surface area contributed by atoms with E-state index in [0.29, 0.717) is 11.1 Å². The number of hydrogen-bond acceptors (Lipinski definition) is 15. The summed E-state index contributed by atoms with van der Waals surface area (Å²) in [6, 6.07) is 15.9. The Morgan fingerprint density at radius 3 is 1.59 bits per heavy atom. The van der Waals surface area contributed by atoms with Gasteiger partial charge in [0.2, 0.25) is 6.29 Å². The molecule has 9 N–H and O–H groups in total. The summed E-state index contributed by atoms with van der Waals surface area (Å²) in [7, 11) is 0. The number of benzene rings is 4. The molecule has 4 aromatic rings. The topological polar surface area (TPSA) is 253 Å². The third-order valence-electron chi connectivity index (χ3n) is 9.50. The summed E-state index contributed by atoms with van der Waals surface area (Å²) in [5.41, 5.74) is 0.821. The van der Waals surface area contributed by atoms with Crippen molar-refractivity contribution in [1.29, 1.82) is 0 Å². The fraction of sp³-hybridized carbons (Fsp3) is 0.278. The van der Waals surface area contributed by atoms with Crippen LogP contribution in [-0.2, 0) is 14.3 Å². The molecule has 9 unspecified atom stereocenters. The second-order valence-corrected chi connectivity index (χ2v) is 12.6. The summed E-state index contributed by atoms with van der Waals surface area (Å²) in [5.74, 6) is -9.18. The van der Waals surface area contributed by atoms with E-state index in [4.69, 9.17) is 18.9 Å². The number of aliphatic hydroxyl groups excluding tert-OH is 4. The van der Waals surface area contributed by atoms with Crippen LogP contribution in [0.15, 0.2) is 72.8 Å². The van der Waals surface area contributed by atoms with Crippen molar-refractivity contribution in [3.8, 4) is 46.0 Å². The molecule has 4 aromatic carbocycles. The Balaban J connectivity index is 1.36. The SMILES string of the molecule is O=C1Oc2cc(O)cc(O)c2C(c2ccc(O)cc2)C1C1C(=O)Oc2cc(OC3OC(CO)C(O)C(O)C3O)cc(O)c2C1c1ccc(O)cc1. The standard InChI is InChI=1S/C36H32O15/c37-13-24-31(43)32(44)33(45)36(51-24)48-19-11-21(42)28-23(12-19)50-35(47)30(26(28)15-3-7-17(39)8-4-15)29-25(14-1-5-16(38)6-2-14)27-20(41)9-18(40)10-22(27)49-34(29)46/h1-12,24-26,29-33,36-45H,13H2. The first-order chi connectivity index (χ1) is 24.4. The largest absolute Gasteiger partial charge is 0.508 e. The number of carbonyl (C=O) groups excluding carboxylic acids is 2. The Morgan fingerprint density at radius 1 is 0.588 bits per heavy atom. The Morgan fingerprint density at radius 2 is 1.08 bits per heavy atom. The first kappa shape index (κ1) is 33.9. The highest BCUT2D eigenvalue weighted by Gasteiger charge is 2.54. The lowest BCUT2D eigenvalue weighted by molar-refractivity contribution is -0.277. The van der Waals surface area contributed by atoms with Gasteiger partial charge in [-0.1, -0.05) is 24.3 Å². The number of esters is 2. The van der Waals surface area contributed by atoms with E-state index < -0.39 is 84.4 Å². The number of phenols is 5. The van der Waals surface area contributed by atoms with Crippen molar-refractivity contribution >= 4 is 11.9 Å². The monoisotopic (exact) mass is 704 g/mol. The second-order valence-electron chi connectivity index (χ2n) is 12.6. The molecule has 51 heavy (non-hydrogen) atoms. The van der Waals surface area contributed by atoms with Crippen LogP contribution in [0.1, 0.15) is 34.1 Å². The number of ether oxygens (including phenoxy) is 4. The summed E-state index contributed by atoms with van der Waals surface area (Å²) >= 11 is 0. The highest BCUT2D eigenvalue weighted by atomic mass is 16.7. The zero-order chi connectivity index (χ0) is 36.3. The number of fused-ring (bicyclic) bond motifs is 2. The van der Waals surface area contributed by atoms with Gasteiger partial charge in [0.05, 0.1) is 18.4 Å². The maximum Gasteiger partial charge on any atom is 0.316 e. The van der Waals surface area contributed by atoms with E-state index in [1.807, 2.05) is 0 Å². The molecular formula is C36H32O15. The van der Waals surface area contributed by atoms with Gasteiger partial charge in [0.25, 0.3) is 0 Å². The number of aliphatic hydroxyl groups is 4. The van der Waals surface area contributed by atoms with Crippen molar-refractivity contribution in [2.24, 2.45) is 11.8 Å². The minimum atomic E-state index is -1.78. The average Bonchev–Trinajstić information content (AvgIpc) is 3.08. The van der Waals surface area contributed by atoms with Crippen molar-refractivity contribution in [2.75, 3.05) is 6.61 Å². The Labute approximate surface area is 288 Å². The zero-order valence-corrected chi connectivity index (χ0v) is 26.3. The molecule has 3 heterocycles. The van der Waals surface area contributed by atoms with Crippen LogP contribution in [0.25, 0.3) is 0 Å². The number of rotatable bonds is 6. The Hall–Kier alpha value is -5.58. The molecule has 0 spiro atoms. The molecule has 7 rings (SSSR count). The van der Waals surface area contributed by atoms with Crippen molar-refractivity contribution < 1.29 is 74.5 Å². The molecule has 0 saturated carbocycles. The van der Waals surface area contributed by atoms with Gasteiger partial charge in [-0.05, 0) is 35.4 Å². The van der Waals surface area contributed by atoms with Crippen LogP contribution in [0.2, 0.25) is 0 Å². The normalized spacial score (nSPS) is 28.6. The predicted molar refractivity (Wildman–Crippen MR) is 170 cm³/mol. The number of aromatic hydroxyl groups is 5. The van der Waals surface area contributed by atoms with E-state index in [-0.39, 0.29) is 45.6 Å². The van der Waals surface area contributed by atoms with Gasteiger partial charge in [-0.25, -0.2) is 0 Å². The minimum Gasteiger partial charge on any atom is -0.508 e. The van der Waals surface area contributed by atoms with E-state index in [1.165, 1.54) is 54.6 Å². The lowest BCUT2D eigenvalue weighted by atomic mass is 9.65. The fourth-order valence-corrected chi connectivity index (χ4v) is 7.15. The van der Waals surface area contributed by atoms with Crippen LogP contribution in [0.3, 0.4) is 0 Å². The van der Waals surface area contributed by atoms with Gasteiger partial charge in [0, 0.05) is 47.2 Å². The maximum absolute atomic E-state index is 14.3. The van der Waals surface area contributed by atoms with E-state index in [2.05, 4.69) is 0 Å². The summed E-state index contributed by atoms with van der Waals surface area (Å²) in [5, 5.41) is 93.3. The highest BCUT2D eigenvalue weighted by Crippen LogP contribution is 2.57. The lowest BCUT2D eigenvalue weighted by Crippen LogP contribution is -2.60. The molecule has 15 heteroatoms. The molecule has 0 aliphatic carbocycles. The quantitative estimate of drug-likeness (QED) is 0.102. The summed E-state index contributed by atoms with van der Waals surface area (Å²) in [6.45, 7) is -0.717. The summed E-state index contributed by atoms with van der Waals surface area (Å²) in [4.78, 5) is 28.3. The summed E-state index contributed by atoms with van der Waals surface area (Å²) < 4.78 is 22.5. The molecule has 1 saturated heterocycles. The van der Waals surface area contributed by atoms with Gasteiger partial charge in [-0.3, -0.25) is 9.59 Å². The number of carbonyl (C=O) groups is 2. The fourth-order valence-electron chi connectivity index (χ4n) is 7.15. The molecule has 0 aromatic heterocycles. The van der Waals surface area contributed by atoms with Gasteiger partial charge in [-0.15, -0.1) is 0 Å². The van der Waals surface area contributed by atoms with Crippen molar-refractivity contribution in [3.63, 3.8) is 0 Å². The lowest BCUT2D eigenvalue weighted by Gasteiger charge is -2.42. The molecule has 0 amide bonds. The van der Waals surface area contributed by atoms with Crippen molar-refractivity contribution in [3.05, 3.63) is 95.1 Å². The molecule has 0 bridgehead atoms. The van der Waals surface area contributed by atoms with Crippen LogP contribution >= 0.6 is 0 Å². The highest BCUT2D eigenvalue weighted by molar-refractivity contribution is 5.91. The van der Waals surface area contributed by atoms with Gasteiger partial charge in [0.15, 0.2) is 0 Å². The van der Waals surface area contributed by atoms with E-state index >= 15 is 0 Å². The maximum atomic E-state index is 14.3. The minimum absolute atomic E-state index is 0.0180. The van der Waals surface area contributed by atoms with Crippen LogP contribution in [0.4, 0.5) is 0 Å². The average molecular weight is 705 g/mol. The predicted octanol–water partition coefficient (Wildman–Crippen LogP) is 1.43. The van der Waals surface area contributed by atoms with E-state index in [1.54, 1.807) is 0 Å². The van der Waals surface area contributed by atoms with Crippen LogP contribution < -0.4 is 14.2 Å². The van der Waals surface area contributed by atoms with E-state index in [0.717, 1.165) is 18.2 Å². The second kappa shape index (κ2) is 12.9. The molecule has 266 valence electrons. The third-order valence-corrected chi connectivity index (χ3v) is 9.50. The van der Waals surface area contributed by atoms with E-state index in [9.17, 15) is 55.5 Å². The molecule has 3 aliphatic heterocycles. The molecule has 15 nitrogen and oxygen atoms in total. The van der Waals surface area contributed by atoms with Gasteiger partial charge >= 0.3 is 11.9 Å². The van der Waals surface area contributed by atoms with Gasteiger partial charge in [0.1, 0.15) is 70.4 Å².